The first-order chi connectivity index (χ1) is 9.15. The molecule has 2 heterocycles. The minimum Gasteiger partial charge on any atom is -0.352 e. The van der Waals surface area contributed by atoms with Crippen LogP contribution in [0.5, 0.6) is 0 Å². The molecule has 2 atom stereocenters. The van der Waals surface area contributed by atoms with Gasteiger partial charge < -0.3 is 15.5 Å². The van der Waals surface area contributed by atoms with Gasteiger partial charge in [-0.2, -0.15) is 0 Å². The average molecular weight is 304 g/mol. The van der Waals surface area contributed by atoms with Crippen LogP contribution in [0.3, 0.4) is 0 Å². The average Bonchev–Trinajstić information content (AvgIpc) is 2.88. The van der Waals surface area contributed by atoms with Gasteiger partial charge in [0.15, 0.2) is 0 Å². The summed E-state index contributed by atoms with van der Waals surface area (Å²) in [7, 11) is 0. The normalized spacial score (nSPS) is 25.9. The molecule has 0 spiro atoms. The minimum atomic E-state index is -0.00513. The lowest BCUT2D eigenvalue weighted by molar-refractivity contribution is -0.133. The predicted molar refractivity (Wildman–Crippen MR) is 80.9 cm³/mol. The molecule has 2 N–H and O–H groups in total. The fourth-order valence-corrected chi connectivity index (χ4v) is 3.07. The number of halogens is 1. The number of rotatable bonds is 4. The molecule has 2 fully saturated rings. The van der Waals surface area contributed by atoms with Gasteiger partial charge in [-0.3, -0.25) is 9.59 Å². The van der Waals surface area contributed by atoms with Crippen molar-refractivity contribution >= 4 is 24.2 Å². The number of nitrogens with zero attached hydrogens (tertiary/aromatic N) is 1. The fourth-order valence-electron chi connectivity index (χ4n) is 3.07. The van der Waals surface area contributed by atoms with E-state index < -0.39 is 0 Å². The summed E-state index contributed by atoms with van der Waals surface area (Å²) in [5.74, 6) is 0.234. The number of carbonyl (C=O) groups is 2. The molecule has 2 amide bonds. The van der Waals surface area contributed by atoms with Gasteiger partial charge in [0.05, 0.1) is 0 Å². The highest BCUT2D eigenvalue weighted by Crippen LogP contribution is 2.15. The summed E-state index contributed by atoms with van der Waals surface area (Å²) in [6.07, 6.45) is 5.96. The highest BCUT2D eigenvalue weighted by Gasteiger charge is 2.24. The zero-order chi connectivity index (χ0) is 13.7. The van der Waals surface area contributed by atoms with Crippen LogP contribution in [-0.4, -0.2) is 48.4 Å². The lowest BCUT2D eigenvalue weighted by Crippen LogP contribution is -2.49. The number of likely N-dealkylation sites (tertiary alicyclic amines) is 1. The summed E-state index contributed by atoms with van der Waals surface area (Å²) in [4.78, 5) is 25.2. The first kappa shape index (κ1) is 17.2. The van der Waals surface area contributed by atoms with E-state index in [4.69, 9.17) is 0 Å². The molecule has 2 rings (SSSR count). The van der Waals surface area contributed by atoms with E-state index in [-0.39, 0.29) is 30.3 Å². The van der Waals surface area contributed by atoms with Crippen LogP contribution in [0.1, 0.15) is 45.4 Å². The Kier molecular flexibility index (Phi) is 7.30. The molecule has 0 radical (unpaired) electrons. The van der Waals surface area contributed by atoms with Gasteiger partial charge in [0.2, 0.25) is 11.8 Å². The van der Waals surface area contributed by atoms with Crippen molar-refractivity contribution in [1.82, 2.24) is 15.5 Å². The molecule has 0 aromatic heterocycles. The van der Waals surface area contributed by atoms with Gasteiger partial charge in [-0.05, 0) is 38.6 Å². The molecule has 2 aliphatic rings. The van der Waals surface area contributed by atoms with Crippen LogP contribution in [0.2, 0.25) is 0 Å². The fraction of sp³-hybridized carbons (Fsp3) is 0.857. The monoisotopic (exact) mass is 303 g/mol. The summed E-state index contributed by atoms with van der Waals surface area (Å²) in [5, 5.41) is 6.34. The number of piperidine rings is 1. The molecule has 2 unspecified atom stereocenters. The van der Waals surface area contributed by atoms with Crippen molar-refractivity contribution in [2.45, 2.75) is 57.5 Å². The van der Waals surface area contributed by atoms with E-state index in [0.29, 0.717) is 19.0 Å². The van der Waals surface area contributed by atoms with Crippen LogP contribution in [0.4, 0.5) is 0 Å². The minimum absolute atomic E-state index is 0. The molecule has 116 valence electrons. The first-order valence-electron chi connectivity index (χ1n) is 7.43. The van der Waals surface area contributed by atoms with Gasteiger partial charge >= 0.3 is 0 Å². The second-order valence-corrected chi connectivity index (χ2v) is 5.71. The van der Waals surface area contributed by atoms with Gasteiger partial charge in [-0.25, -0.2) is 0 Å². The maximum absolute atomic E-state index is 12.2. The summed E-state index contributed by atoms with van der Waals surface area (Å²) in [5.41, 5.74) is 0. The van der Waals surface area contributed by atoms with Gasteiger partial charge in [-0.15, -0.1) is 12.4 Å². The summed E-state index contributed by atoms with van der Waals surface area (Å²) < 4.78 is 0. The Hall–Kier alpha value is -0.810. The molecule has 0 aromatic rings. The number of nitrogens with one attached hydrogen (secondary N) is 2. The molecule has 2 saturated heterocycles. The Morgan fingerprint density at radius 1 is 1.30 bits per heavy atom. The van der Waals surface area contributed by atoms with Crippen LogP contribution in [0.15, 0.2) is 0 Å². The summed E-state index contributed by atoms with van der Waals surface area (Å²) >= 11 is 0. The van der Waals surface area contributed by atoms with E-state index in [9.17, 15) is 9.59 Å². The molecular formula is C14H26ClN3O2. The highest BCUT2D eigenvalue weighted by molar-refractivity contribution is 5.85. The summed E-state index contributed by atoms with van der Waals surface area (Å²) in [6, 6.07) is 0.666. The van der Waals surface area contributed by atoms with Crippen molar-refractivity contribution in [1.29, 1.82) is 0 Å². The maximum Gasteiger partial charge on any atom is 0.222 e. The van der Waals surface area contributed by atoms with E-state index in [1.54, 1.807) is 0 Å². The van der Waals surface area contributed by atoms with E-state index in [2.05, 4.69) is 10.6 Å². The molecule has 5 nitrogen and oxygen atoms in total. The van der Waals surface area contributed by atoms with Crippen molar-refractivity contribution < 1.29 is 9.59 Å². The van der Waals surface area contributed by atoms with E-state index in [1.807, 2.05) is 4.90 Å². The number of hydrogen-bond donors (Lipinski definition) is 2. The second-order valence-electron chi connectivity index (χ2n) is 5.71. The van der Waals surface area contributed by atoms with Crippen molar-refractivity contribution in [2.75, 3.05) is 19.6 Å². The Labute approximate surface area is 127 Å². The van der Waals surface area contributed by atoms with Crippen LogP contribution in [0, 0.1) is 0 Å². The topological polar surface area (TPSA) is 61.4 Å². The number of carbonyl (C=O) groups excluding carboxylic acids is 2. The van der Waals surface area contributed by atoms with Crippen molar-refractivity contribution in [3.05, 3.63) is 0 Å². The van der Waals surface area contributed by atoms with Gasteiger partial charge in [-0.1, -0.05) is 0 Å². The maximum atomic E-state index is 12.2. The zero-order valence-corrected chi connectivity index (χ0v) is 13.0. The third-order valence-corrected chi connectivity index (χ3v) is 4.05. The standard InChI is InChI=1S/C14H25N3O2.ClH/c1-11(18)16-13-5-3-9-17(10-13)14(19)7-6-12-4-2-8-15-12;/h12-13,15H,2-10H2,1H3,(H,16,18);1H. The third kappa shape index (κ3) is 5.29. The zero-order valence-electron chi connectivity index (χ0n) is 12.2. The molecule has 6 heteroatoms. The molecule has 0 aliphatic carbocycles. The Bertz CT molecular complexity index is 332. The molecule has 0 bridgehead atoms. The van der Waals surface area contributed by atoms with Crippen molar-refractivity contribution in [2.24, 2.45) is 0 Å². The predicted octanol–water partition coefficient (Wildman–Crippen LogP) is 1.07. The van der Waals surface area contributed by atoms with E-state index >= 15 is 0 Å². The lowest BCUT2D eigenvalue weighted by Gasteiger charge is -2.33. The van der Waals surface area contributed by atoms with Gasteiger partial charge in [0.1, 0.15) is 0 Å². The number of hydrogen-bond acceptors (Lipinski definition) is 3. The summed E-state index contributed by atoms with van der Waals surface area (Å²) in [6.45, 7) is 4.14. The van der Waals surface area contributed by atoms with Crippen LogP contribution in [-0.2, 0) is 9.59 Å². The molecule has 2 aliphatic heterocycles. The molecular weight excluding hydrogens is 278 g/mol. The van der Waals surface area contributed by atoms with Crippen LogP contribution < -0.4 is 10.6 Å². The van der Waals surface area contributed by atoms with Crippen molar-refractivity contribution in [3.8, 4) is 0 Å². The van der Waals surface area contributed by atoms with Crippen LogP contribution >= 0.6 is 12.4 Å². The second kappa shape index (κ2) is 8.47. The van der Waals surface area contributed by atoms with E-state index in [0.717, 1.165) is 32.4 Å². The third-order valence-electron chi connectivity index (χ3n) is 4.05. The smallest absolute Gasteiger partial charge is 0.222 e. The largest absolute Gasteiger partial charge is 0.352 e. The quantitative estimate of drug-likeness (QED) is 0.816. The number of amides is 2. The first-order valence-corrected chi connectivity index (χ1v) is 7.43. The SMILES string of the molecule is CC(=O)NC1CCCN(C(=O)CCC2CCCN2)C1.Cl. The molecule has 20 heavy (non-hydrogen) atoms. The molecule has 0 aromatic carbocycles. The Morgan fingerprint density at radius 3 is 2.75 bits per heavy atom. The lowest BCUT2D eigenvalue weighted by atomic mass is 10.0. The van der Waals surface area contributed by atoms with Gasteiger partial charge in [0.25, 0.3) is 0 Å². The Balaban J connectivity index is 0.00000200. The van der Waals surface area contributed by atoms with Crippen molar-refractivity contribution in [3.63, 3.8) is 0 Å². The highest BCUT2D eigenvalue weighted by atomic mass is 35.5. The molecule has 0 saturated carbocycles. The van der Waals surface area contributed by atoms with Gasteiger partial charge in [0, 0.05) is 38.5 Å². The van der Waals surface area contributed by atoms with E-state index in [1.165, 1.54) is 19.8 Å². The van der Waals surface area contributed by atoms with Crippen LogP contribution in [0.25, 0.3) is 0 Å². The Morgan fingerprint density at radius 2 is 2.10 bits per heavy atom.